The van der Waals surface area contributed by atoms with Crippen LogP contribution in [0.4, 0.5) is 11.4 Å². The molecule has 1 aliphatic rings. The van der Waals surface area contributed by atoms with Gasteiger partial charge in [-0.1, -0.05) is 153 Å². The van der Waals surface area contributed by atoms with E-state index in [2.05, 4.69) is 41.1 Å². The van der Waals surface area contributed by atoms with E-state index in [-0.39, 0.29) is 71.9 Å². The normalized spacial score (nSPS) is 15.3. The van der Waals surface area contributed by atoms with Crippen LogP contribution in [0.5, 0.6) is 0 Å². The summed E-state index contributed by atoms with van der Waals surface area (Å²) < 4.78 is 28.0. The SMILES string of the molecule is CCCCCCCCCCC/C=C/CC(CC(=O)OCCOCCOCCN(CCOCCOC(=O)CC(C/C=C/CCCCCCCCCCC)C(=O)O)c1ccc(/N=N/C2SC(C#N)=C(C)C2C#N)c(C)c1)C(=O)O. The highest BCUT2D eigenvalue weighted by Crippen LogP contribution is 2.42. The summed E-state index contributed by atoms with van der Waals surface area (Å²) in [6.45, 7) is 10.4. The van der Waals surface area contributed by atoms with Crippen LogP contribution >= 0.6 is 11.8 Å². The lowest BCUT2D eigenvalue weighted by Crippen LogP contribution is -2.31. The lowest BCUT2D eigenvalue weighted by Gasteiger charge is -2.25. The maximum absolute atomic E-state index is 12.6. The third kappa shape index (κ3) is 32.4. The van der Waals surface area contributed by atoms with Crippen LogP contribution in [0.2, 0.25) is 0 Å². The van der Waals surface area contributed by atoms with Gasteiger partial charge in [-0.15, -0.1) is 0 Å². The molecule has 0 amide bonds. The predicted molar refractivity (Wildman–Crippen MR) is 304 cm³/mol. The van der Waals surface area contributed by atoms with Crippen molar-refractivity contribution in [3.63, 3.8) is 0 Å². The number of thioether (sulfide) groups is 1. The number of hydrogen-bond acceptors (Lipinski definition) is 15. The average molecular weight is 1090 g/mol. The molecule has 0 bridgehead atoms. The number of aryl methyl sites for hydroxylation is 1. The molecule has 1 aromatic carbocycles. The first-order valence-electron chi connectivity index (χ1n) is 28.7. The molecule has 0 aromatic heterocycles. The zero-order valence-corrected chi connectivity index (χ0v) is 47.9. The van der Waals surface area contributed by atoms with Crippen LogP contribution in [0, 0.1) is 47.3 Å². The first kappa shape index (κ1) is 68.0. The minimum absolute atomic E-state index is 0.00268. The van der Waals surface area contributed by atoms with Gasteiger partial charge in [0, 0.05) is 18.8 Å². The minimum atomic E-state index is -1.03. The average Bonchev–Trinajstić information content (AvgIpc) is 3.74. The number of carboxylic acids is 2. The summed E-state index contributed by atoms with van der Waals surface area (Å²) in [5, 5.41) is 46.9. The lowest BCUT2D eigenvalue weighted by molar-refractivity contribution is -0.152. The van der Waals surface area contributed by atoms with Crippen LogP contribution < -0.4 is 4.90 Å². The van der Waals surface area contributed by atoms with Gasteiger partial charge in [0.05, 0.1) is 81.0 Å². The van der Waals surface area contributed by atoms with Crippen LogP contribution in [-0.2, 0) is 42.9 Å². The number of nitrogens with zero attached hydrogens (tertiary/aromatic N) is 5. The van der Waals surface area contributed by atoms with Crippen LogP contribution in [0.3, 0.4) is 0 Å². The number of hydrogen-bond donors (Lipinski definition) is 2. The fraction of sp³-hybridized carbons (Fsp3) is 0.700. The van der Waals surface area contributed by atoms with E-state index in [4.69, 9.17) is 23.7 Å². The Balaban J connectivity index is 1.80. The van der Waals surface area contributed by atoms with Gasteiger partial charge in [0.1, 0.15) is 30.6 Å². The van der Waals surface area contributed by atoms with Gasteiger partial charge in [-0.3, -0.25) is 19.2 Å². The molecule has 0 fully saturated rings. The van der Waals surface area contributed by atoms with Gasteiger partial charge < -0.3 is 38.8 Å². The number of carbonyl (C=O) groups excluding carboxylic acids is 2. The summed E-state index contributed by atoms with van der Waals surface area (Å²) in [5.74, 6) is -5.46. The number of esters is 2. The fourth-order valence-electron chi connectivity index (χ4n) is 8.61. The fourth-order valence-corrected chi connectivity index (χ4v) is 9.71. The first-order chi connectivity index (χ1) is 37.4. The van der Waals surface area contributed by atoms with Gasteiger partial charge in [-0.05, 0) is 81.7 Å². The van der Waals surface area contributed by atoms with Crippen LogP contribution in [0.15, 0.2) is 63.2 Å². The van der Waals surface area contributed by atoms with E-state index in [1.807, 2.05) is 49.4 Å². The van der Waals surface area contributed by atoms with E-state index in [9.17, 15) is 39.9 Å². The summed E-state index contributed by atoms with van der Waals surface area (Å²) in [6.07, 6.45) is 32.1. The summed E-state index contributed by atoms with van der Waals surface area (Å²) in [4.78, 5) is 51.3. The van der Waals surface area contributed by atoms with E-state index in [1.165, 1.54) is 114 Å². The Kier molecular flexibility index (Phi) is 39.6. The Labute approximate surface area is 465 Å². The molecule has 77 heavy (non-hydrogen) atoms. The highest BCUT2D eigenvalue weighted by atomic mass is 32.2. The molecule has 4 atom stereocenters. The molecule has 17 heteroatoms. The summed E-state index contributed by atoms with van der Waals surface area (Å²) in [7, 11) is 0. The summed E-state index contributed by atoms with van der Waals surface area (Å²) in [5.41, 5.74) is 3.02. The Bertz CT molecular complexity index is 2030. The number of unbranched alkanes of at least 4 members (excludes halogenated alkanes) is 18. The van der Waals surface area contributed by atoms with Crippen molar-refractivity contribution in [1.29, 1.82) is 10.5 Å². The van der Waals surface area contributed by atoms with Gasteiger partial charge in [0.25, 0.3) is 0 Å². The van der Waals surface area contributed by atoms with Crippen molar-refractivity contribution in [2.45, 2.75) is 187 Å². The topological polar surface area (TPSA) is 230 Å². The van der Waals surface area contributed by atoms with Crippen molar-refractivity contribution < 1.29 is 53.1 Å². The predicted octanol–water partition coefficient (Wildman–Crippen LogP) is 13.9. The van der Waals surface area contributed by atoms with Gasteiger partial charge in [-0.2, -0.15) is 20.8 Å². The largest absolute Gasteiger partial charge is 0.481 e. The van der Waals surface area contributed by atoms with Crippen molar-refractivity contribution in [2.75, 3.05) is 70.8 Å². The zero-order chi connectivity index (χ0) is 56.1. The van der Waals surface area contributed by atoms with Crippen molar-refractivity contribution in [2.24, 2.45) is 28.0 Å². The van der Waals surface area contributed by atoms with Gasteiger partial charge in [-0.25, -0.2) is 0 Å². The van der Waals surface area contributed by atoms with E-state index in [0.717, 1.165) is 36.9 Å². The van der Waals surface area contributed by atoms with E-state index < -0.39 is 47.0 Å². The Hall–Kier alpha value is -5.07. The maximum atomic E-state index is 12.6. The number of aliphatic carboxylic acids is 2. The van der Waals surface area contributed by atoms with Crippen LogP contribution in [0.1, 0.15) is 180 Å². The molecule has 1 aromatic rings. The number of ether oxygens (including phenoxy) is 5. The summed E-state index contributed by atoms with van der Waals surface area (Å²) >= 11 is 1.24. The third-order valence-corrected chi connectivity index (χ3v) is 14.7. The standard InChI is InChI=1S/C60H93N5O11S/c1-5-7-9-11-13-15-17-19-21-23-25-27-29-50(59(68)69)44-56(66)75-41-39-73-36-34-65(52-31-32-54(48(3)43-52)63-64-58-53(46-61)49(4)55(47-62)77-58)33-35-72-37-38-74-40-42-76-57(67)45-51(60(70)71)30-28-26-24-22-20-18-16-14-12-10-8-6-2/h25-28,31-32,43,50-51,53,58H,5-24,29-30,33-42,44-45H2,1-4H3,(H,68,69)(H,70,71)/b27-25+,28-26+,64-63+. The number of benzene rings is 1. The second kappa shape index (κ2) is 44.9. The van der Waals surface area contributed by atoms with Crippen molar-refractivity contribution in [3.05, 3.63) is 58.5 Å². The molecule has 1 aliphatic heterocycles. The monoisotopic (exact) mass is 1090 g/mol. The van der Waals surface area contributed by atoms with Gasteiger partial charge in [0.2, 0.25) is 0 Å². The van der Waals surface area contributed by atoms with E-state index >= 15 is 0 Å². The number of carbonyl (C=O) groups is 4. The molecule has 0 spiro atoms. The Morgan fingerprint density at radius 1 is 0.636 bits per heavy atom. The third-order valence-electron chi connectivity index (χ3n) is 13.4. The molecule has 16 nitrogen and oxygen atoms in total. The molecular formula is C60H93N5O11S. The second-order valence-electron chi connectivity index (χ2n) is 19.8. The number of rotatable bonds is 48. The maximum Gasteiger partial charge on any atom is 0.307 e. The van der Waals surface area contributed by atoms with Crippen molar-refractivity contribution in [3.8, 4) is 12.1 Å². The molecule has 0 saturated carbocycles. The van der Waals surface area contributed by atoms with E-state index in [1.54, 1.807) is 6.92 Å². The number of carboxylic acid groups (broad SMARTS) is 2. The Morgan fingerprint density at radius 3 is 1.51 bits per heavy atom. The van der Waals surface area contributed by atoms with E-state index in [0.29, 0.717) is 35.9 Å². The number of allylic oxidation sites excluding steroid dienone is 5. The summed E-state index contributed by atoms with van der Waals surface area (Å²) in [6, 6.07) is 10.1. The Morgan fingerprint density at radius 2 is 1.08 bits per heavy atom. The molecule has 4 unspecified atom stereocenters. The number of nitriles is 2. The molecule has 0 saturated heterocycles. The highest BCUT2D eigenvalue weighted by Gasteiger charge is 2.34. The number of anilines is 1. The molecule has 1 heterocycles. The van der Waals surface area contributed by atoms with Crippen LogP contribution in [0.25, 0.3) is 0 Å². The molecule has 2 N–H and O–H groups in total. The van der Waals surface area contributed by atoms with Gasteiger partial charge >= 0.3 is 23.9 Å². The molecule has 2 rings (SSSR count). The smallest absolute Gasteiger partial charge is 0.307 e. The number of azo groups is 1. The van der Waals surface area contributed by atoms with Crippen molar-refractivity contribution in [1.82, 2.24) is 0 Å². The molecule has 0 radical (unpaired) electrons. The lowest BCUT2D eigenvalue weighted by atomic mass is 10.0. The molecular weight excluding hydrogens is 999 g/mol. The van der Waals surface area contributed by atoms with Gasteiger partial charge in [0.15, 0.2) is 0 Å². The minimum Gasteiger partial charge on any atom is -0.481 e. The molecule has 0 aliphatic carbocycles. The van der Waals surface area contributed by atoms with Crippen LogP contribution in [-0.4, -0.2) is 105 Å². The van der Waals surface area contributed by atoms with Crippen molar-refractivity contribution >= 4 is 47.0 Å². The molecule has 430 valence electrons. The second-order valence-corrected chi connectivity index (χ2v) is 20.9. The first-order valence-corrected chi connectivity index (χ1v) is 29.6. The quantitative estimate of drug-likeness (QED) is 0.0267. The highest BCUT2D eigenvalue weighted by molar-refractivity contribution is 8.04. The zero-order valence-electron chi connectivity index (χ0n) is 47.1.